The minimum absolute atomic E-state index is 0. The first-order chi connectivity index (χ1) is 10.5. The average Bonchev–Trinajstić information content (AvgIpc) is 2.48. The van der Waals surface area contributed by atoms with Gasteiger partial charge in [-0.05, 0) is 22.3 Å². The van der Waals surface area contributed by atoms with Gasteiger partial charge in [-0.2, -0.15) is 12.1 Å². The van der Waals surface area contributed by atoms with Gasteiger partial charge in [-0.1, -0.05) is 5.69 Å². The topological polar surface area (TPSA) is 31.2 Å². The molecule has 1 heterocycles. The van der Waals surface area contributed by atoms with Crippen LogP contribution in [0.5, 0.6) is 5.75 Å². The van der Waals surface area contributed by atoms with Gasteiger partial charge < -0.3 is 9.30 Å². The van der Waals surface area contributed by atoms with E-state index in [1.54, 1.807) is 6.92 Å². The molecule has 0 unspecified atom stereocenters. The molecular formula is C15H13F2INO2SY-. The zero-order chi connectivity index (χ0) is 16.3. The predicted octanol–water partition coefficient (Wildman–Crippen LogP) is 3.91. The van der Waals surface area contributed by atoms with E-state index in [-0.39, 0.29) is 55.3 Å². The number of benzene rings is 1. The molecule has 1 aromatic carbocycles. The Labute approximate surface area is 176 Å². The fourth-order valence-corrected chi connectivity index (χ4v) is 2.70. The van der Waals surface area contributed by atoms with E-state index in [1.807, 2.05) is 28.8 Å². The summed E-state index contributed by atoms with van der Waals surface area (Å²) in [7, 11) is 0. The number of hydrogen-bond donors (Lipinski definition) is 0. The number of ether oxygens (including phenoxy) is 1. The Bertz CT molecular complexity index is 732. The number of nitrogens with zero attached hydrogens (tertiary/aromatic N) is 1. The van der Waals surface area contributed by atoms with Crippen molar-refractivity contribution in [3.63, 3.8) is 0 Å². The predicted molar refractivity (Wildman–Crippen MR) is 92.3 cm³/mol. The molecule has 0 spiro atoms. The summed E-state index contributed by atoms with van der Waals surface area (Å²) in [6.07, 6.45) is 1.82. The molecule has 0 aliphatic rings. The van der Waals surface area contributed by atoms with Gasteiger partial charge in [0.1, 0.15) is 11.7 Å². The van der Waals surface area contributed by atoms with Crippen LogP contribution < -0.4 is 10.3 Å². The van der Waals surface area contributed by atoms with Crippen LogP contribution in [0, 0.1) is 21.3 Å². The first-order valence-corrected chi connectivity index (χ1v) is 8.89. The third-order valence-corrected chi connectivity index (χ3v) is 4.09. The van der Waals surface area contributed by atoms with Crippen LogP contribution in [-0.2, 0) is 39.3 Å². The van der Waals surface area contributed by atoms with Crippen LogP contribution in [-0.4, -0.2) is 16.8 Å². The van der Waals surface area contributed by atoms with Crippen molar-refractivity contribution in [2.75, 3.05) is 12.2 Å². The molecule has 23 heavy (non-hydrogen) atoms. The Hall–Kier alpha value is 0.0139. The Morgan fingerprint density at radius 2 is 1.96 bits per heavy atom. The summed E-state index contributed by atoms with van der Waals surface area (Å²) in [5.74, 6) is -1.15. The minimum Gasteiger partial charge on any atom is -0.483 e. The van der Waals surface area contributed by atoms with Crippen molar-refractivity contribution >= 4 is 34.4 Å². The molecule has 2 aromatic rings. The van der Waals surface area contributed by atoms with Crippen molar-refractivity contribution in [1.29, 1.82) is 0 Å². The number of halogens is 3. The second-order valence-corrected chi connectivity index (χ2v) is 6.32. The molecule has 0 N–H and O–H groups in total. The van der Waals surface area contributed by atoms with Gasteiger partial charge in [-0.25, -0.2) is 8.78 Å². The van der Waals surface area contributed by atoms with Gasteiger partial charge in [0.2, 0.25) is 5.56 Å². The summed E-state index contributed by atoms with van der Waals surface area (Å²) < 4.78 is 35.6. The smallest absolute Gasteiger partial charge is 0.207 e. The van der Waals surface area contributed by atoms with Gasteiger partial charge in [0.25, 0.3) is 0 Å². The third-order valence-electron chi connectivity index (χ3n) is 2.97. The maximum Gasteiger partial charge on any atom is 0.207 e. The molecule has 0 saturated carbocycles. The van der Waals surface area contributed by atoms with Crippen LogP contribution in [0.25, 0.3) is 11.3 Å². The normalized spacial score (nSPS) is 10.3. The number of hydrogen-bond acceptors (Lipinski definition) is 3. The van der Waals surface area contributed by atoms with Crippen LogP contribution >= 0.6 is 34.4 Å². The van der Waals surface area contributed by atoms with Crippen LogP contribution in [0.4, 0.5) is 8.78 Å². The van der Waals surface area contributed by atoms with Crippen molar-refractivity contribution in [3.05, 3.63) is 49.8 Å². The number of rotatable bonds is 5. The van der Waals surface area contributed by atoms with Crippen LogP contribution in [0.15, 0.2) is 23.0 Å². The molecular weight excluding hydrogens is 512 g/mol. The van der Waals surface area contributed by atoms with E-state index in [9.17, 15) is 13.6 Å². The SMILES string of the molecule is CCn1c(-c2c(F)cc(OCSC)cc2F)[c-]cc(I)c1=O.[Y]. The van der Waals surface area contributed by atoms with Crippen molar-refractivity contribution in [1.82, 2.24) is 4.57 Å². The van der Waals surface area contributed by atoms with E-state index in [0.29, 0.717) is 16.1 Å². The molecule has 3 nitrogen and oxygen atoms in total. The monoisotopic (exact) mass is 525 g/mol. The summed E-state index contributed by atoms with van der Waals surface area (Å²) in [6.45, 7) is 2.03. The van der Waals surface area contributed by atoms with Crippen molar-refractivity contribution in [3.8, 4) is 17.0 Å². The molecule has 1 aromatic heterocycles. The summed E-state index contributed by atoms with van der Waals surface area (Å²) in [4.78, 5) is 12.1. The average molecular weight is 525 g/mol. The van der Waals surface area contributed by atoms with E-state index in [4.69, 9.17) is 4.74 Å². The van der Waals surface area contributed by atoms with Gasteiger partial charge >= 0.3 is 0 Å². The zero-order valence-electron chi connectivity index (χ0n) is 12.5. The molecule has 0 atom stereocenters. The first-order valence-electron chi connectivity index (χ1n) is 6.41. The molecule has 0 bridgehead atoms. The van der Waals surface area contributed by atoms with Crippen LogP contribution in [0.3, 0.4) is 0 Å². The Morgan fingerprint density at radius 1 is 1.35 bits per heavy atom. The third kappa shape index (κ3) is 4.77. The number of thioether (sulfide) groups is 1. The van der Waals surface area contributed by atoms with E-state index in [2.05, 4.69) is 6.07 Å². The van der Waals surface area contributed by atoms with Gasteiger partial charge in [0.05, 0.1) is 11.6 Å². The van der Waals surface area contributed by atoms with Crippen molar-refractivity contribution < 1.29 is 46.2 Å². The Kier molecular flexibility index (Phi) is 8.68. The molecule has 0 amide bonds. The molecule has 0 saturated heterocycles. The minimum atomic E-state index is -0.782. The molecule has 0 fully saturated rings. The van der Waals surface area contributed by atoms with Gasteiger partial charge in [-0.15, -0.1) is 34.4 Å². The van der Waals surface area contributed by atoms with Crippen LogP contribution in [0.2, 0.25) is 0 Å². The summed E-state index contributed by atoms with van der Waals surface area (Å²) in [5, 5.41) is 0. The van der Waals surface area contributed by atoms with Gasteiger partial charge in [0.15, 0.2) is 0 Å². The summed E-state index contributed by atoms with van der Waals surface area (Å²) in [6, 6.07) is 6.45. The van der Waals surface area contributed by atoms with Gasteiger partial charge in [0, 0.05) is 51.4 Å². The number of pyridine rings is 1. The maximum absolute atomic E-state index is 14.3. The fraction of sp³-hybridized carbons (Fsp3) is 0.267. The van der Waals surface area contributed by atoms with Crippen LogP contribution in [0.1, 0.15) is 6.92 Å². The van der Waals surface area contributed by atoms with Gasteiger partial charge in [-0.3, -0.25) is 4.79 Å². The molecule has 0 aliphatic carbocycles. The summed E-state index contributed by atoms with van der Waals surface area (Å²) in [5.41, 5.74) is -0.468. The quantitative estimate of drug-likeness (QED) is 0.337. The standard InChI is InChI=1S/C15H13F2INO2S.Y/c1-3-19-13(5-4-12(18)15(19)20)14-10(16)6-9(7-11(14)17)21-8-22-2;/h4,6-7H,3,8H2,1-2H3;/q-1;. The van der Waals surface area contributed by atoms with E-state index in [1.165, 1.54) is 22.4 Å². The first kappa shape index (κ1) is 21.1. The molecule has 0 aliphatic heterocycles. The van der Waals surface area contributed by atoms with Crippen molar-refractivity contribution in [2.45, 2.75) is 13.5 Å². The zero-order valence-corrected chi connectivity index (χ0v) is 18.3. The Balaban J connectivity index is 0.00000264. The maximum atomic E-state index is 14.3. The second-order valence-electron chi connectivity index (χ2n) is 4.35. The van der Waals surface area contributed by atoms with E-state index >= 15 is 0 Å². The van der Waals surface area contributed by atoms with Crippen molar-refractivity contribution in [2.24, 2.45) is 0 Å². The molecule has 121 valence electrons. The Morgan fingerprint density at radius 3 is 2.48 bits per heavy atom. The van der Waals surface area contributed by atoms with E-state index < -0.39 is 11.6 Å². The molecule has 8 heteroatoms. The van der Waals surface area contributed by atoms with E-state index in [0.717, 1.165) is 12.1 Å². The molecule has 1 radical (unpaired) electrons. The largest absolute Gasteiger partial charge is 0.483 e. The summed E-state index contributed by atoms with van der Waals surface area (Å²) >= 11 is 3.27. The molecule has 2 rings (SSSR count). The fourth-order valence-electron chi connectivity index (χ4n) is 2.00. The number of aromatic nitrogens is 1. The second kappa shape index (κ2) is 9.48.